The first-order valence-corrected chi connectivity index (χ1v) is 8.90. The molecule has 5 nitrogen and oxygen atoms in total. The van der Waals surface area contributed by atoms with Gasteiger partial charge < -0.3 is 19.7 Å². The minimum absolute atomic E-state index is 0.0565. The lowest BCUT2D eigenvalue weighted by atomic mass is 10.1. The lowest BCUT2D eigenvalue weighted by molar-refractivity contribution is -0.878. The number of hydrogen-bond donors (Lipinski definition) is 2. The number of rotatable bonds is 9. The minimum Gasteiger partial charge on any atom is -0.493 e. The summed E-state index contributed by atoms with van der Waals surface area (Å²) in [5.41, 5.74) is 3.20. The van der Waals surface area contributed by atoms with Crippen LogP contribution < -0.4 is 19.7 Å². The molecule has 0 aliphatic rings. The zero-order valence-corrected chi connectivity index (χ0v) is 16.1. The van der Waals surface area contributed by atoms with Gasteiger partial charge in [0.25, 0.3) is 0 Å². The summed E-state index contributed by atoms with van der Waals surface area (Å²) in [6.07, 6.45) is 1.43. The van der Waals surface area contributed by atoms with E-state index in [0.717, 1.165) is 42.3 Å². The maximum Gasteiger partial charge on any atom is 0.230 e. The summed E-state index contributed by atoms with van der Waals surface area (Å²) in [7, 11) is 5.39. The number of ether oxygens (including phenoxy) is 2. The van der Waals surface area contributed by atoms with E-state index in [1.165, 1.54) is 10.5 Å². The van der Waals surface area contributed by atoms with Crippen molar-refractivity contribution < 1.29 is 19.2 Å². The van der Waals surface area contributed by atoms with Gasteiger partial charge in [-0.2, -0.15) is 0 Å². The molecule has 0 saturated heterocycles. The van der Waals surface area contributed by atoms with Crippen LogP contribution in [-0.2, 0) is 11.2 Å². The van der Waals surface area contributed by atoms with Crippen LogP contribution in [0.5, 0.6) is 11.5 Å². The van der Waals surface area contributed by atoms with Crippen LogP contribution in [-0.4, -0.2) is 40.3 Å². The van der Waals surface area contributed by atoms with Crippen molar-refractivity contribution in [1.82, 2.24) is 0 Å². The molecule has 1 amide bonds. The normalized spacial score (nSPS) is 11.7. The van der Waals surface area contributed by atoms with Gasteiger partial charge >= 0.3 is 0 Å². The fourth-order valence-corrected chi connectivity index (χ4v) is 2.79. The van der Waals surface area contributed by atoms with Gasteiger partial charge in [0, 0.05) is 12.1 Å². The van der Waals surface area contributed by atoms with Crippen molar-refractivity contribution in [1.29, 1.82) is 0 Å². The van der Waals surface area contributed by atoms with Crippen molar-refractivity contribution in [3.63, 3.8) is 0 Å². The van der Waals surface area contributed by atoms with Gasteiger partial charge in [-0.3, -0.25) is 4.79 Å². The summed E-state index contributed by atoms with van der Waals surface area (Å²) < 4.78 is 10.6. The highest BCUT2D eigenvalue weighted by atomic mass is 16.5. The number of carbonyl (C=O) groups excluding carboxylic acids is 1. The third-order valence-electron chi connectivity index (χ3n) is 4.37. The van der Waals surface area contributed by atoms with Crippen molar-refractivity contribution in [3.8, 4) is 11.5 Å². The molecule has 1 unspecified atom stereocenters. The monoisotopic (exact) mass is 357 g/mol. The topological polar surface area (TPSA) is 52.0 Å². The maximum absolute atomic E-state index is 12.1. The van der Waals surface area contributed by atoms with Gasteiger partial charge in [-0.25, -0.2) is 0 Å². The van der Waals surface area contributed by atoms with Crippen molar-refractivity contribution in [2.45, 2.75) is 19.8 Å². The van der Waals surface area contributed by atoms with E-state index in [-0.39, 0.29) is 5.91 Å². The zero-order chi connectivity index (χ0) is 18.9. The summed E-state index contributed by atoms with van der Waals surface area (Å²) in [6.45, 7) is 3.76. The first-order chi connectivity index (χ1) is 12.5. The van der Waals surface area contributed by atoms with Gasteiger partial charge in [0.2, 0.25) is 5.91 Å². The van der Waals surface area contributed by atoms with Crippen LogP contribution in [0.1, 0.15) is 17.5 Å². The highest BCUT2D eigenvalue weighted by molar-refractivity contribution is 5.90. The molecule has 0 bridgehead atoms. The number of nitrogens with one attached hydrogen (secondary N) is 2. The molecule has 0 aliphatic carbocycles. The summed E-state index contributed by atoms with van der Waals surface area (Å²) in [6, 6.07) is 13.9. The largest absolute Gasteiger partial charge is 0.493 e. The molecule has 2 aromatic carbocycles. The second-order valence-corrected chi connectivity index (χ2v) is 6.56. The molecule has 0 aromatic heterocycles. The quantitative estimate of drug-likeness (QED) is 0.723. The van der Waals surface area contributed by atoms with Crippen molar-refractivity contribution in [2.24, 2.45) is 0 Å². The van der Waals surface area contributed by atoms with Crippen LogP contribution in [0.25, 0.3) is 0 Å². The van der Waals surface area contributed by atoms with E-state index < -0.39 is 0 Å². The Balaban J connectivity index is 1.76. The van der Waals surface area contributed by atoms with Gasteiger partial charge in [-0.1, -0.05) is 18.2 Å². The molecular formula is C21H29N2O3+. The fourth-order valence-electron chi connectivity index (χ4n) is 2.79. The third-order valence-corrected chi connectivity index (χ3v) is 4.37. The number of carbonyl (C=O) groups is 1. The fraction of sp³-hybridized carbons (Fsp3) is 0.381. The number of methoxy groups -OCH3 is 2. The van der Waals surface area contributed by atoms with Crippen molar-refractivity contribution in [2.75, 3.05) is 39.7 Å². The minimum atomic E-state index is 0.0565. The van der Waals surface area contributed by atoms with Crippen LogP contribution in [0, 0.1) is 6.92 Å². The number of quaternary nitrogens is 1. The molecule has 5 heteroatoms. The van der Waals surface area contributed by atoms with Gasteiger partial charge in [-0.15, -0.1) is 0 Å². The lowest BCUT2D eigenvalue weighted by Gasteiger charge is -2.15. The summed E-state index contributed by atoms with van der Waals surface area (Å²) in [5, 5.41) is 2.96. The predicted molar refractivity (Wildman–Crippen MR) is 104 cm³/mol. The molecule has 2 rings (SSSR count). The van der Waals surface area contributed by atoms with Crippen LogP contribution in [0.2, 0.25) is 0 Å². The van der Waals surface area contributed by atoms with Crippen molar-refractivity contribution >= 4 is 11.6 Å². The highest BCUT2D eigenvalue weighted by Crippen LogP contribution is 2.27. The molecule has 0 radical (unpaired) electrons. The van der Waals surface area contributed by atoms with Crippen LogP contribution in [0.3, 0.4) is 0 Å². The Kier molecular flexibility index (Phi) is 7.48. The molecule has 1 atom stereocenters. The number of likely N-dealkylation sites (N-methyl/N-ethyl adjacent to an activating group) is 1. The molecular weight excluding hydrogens is 328 g/mol. The standard InChI is InChI=1S/C21H28N2O3/c1-16-6-5-7-18(14-16)22-21(24)11-13-23(2)12-10-17-8-9-19(25-3)20(15-17)26-4/h5-9,14-15H,10-13H2,1-4H3,(H,22,24)/p+1. The molecule has 0 aliphatic heterocycles. The maximum atomic E-state index is 12.1. The summed E-state index contributed by atoms with van der Waals surface area (Å²) in [5.74, 6) is 1.55. The smallest absolute Gasteiger partial charge is 0.230 e. The van der Waals surface area contributed by atoms with E-state index in [0.29, 0.717) is 6.42 Å². The third kappa shape index (κ3) is 6.08. The number of hydrogen-bond acceptors (Lipinski definition) is 3. The van der Waals surface area contributed by atoms with E-state index in [1.54, 1.807) is 14.2 Å². The van der Waals surface area contributed by atoms with Crippen LogP contribution >= 0.6 is 0 Å². The van der Waals surface area contributed by atoms with E-state index >= 15 is 0 Å². The second kappa shape index (κ2) is 9.82. The number of amides is 1. The first kappa shape index (κ1) is 19.8. The van der Waals surface area contributed by atoms with Crippen LogP contribution in [0.4, 0.5) is 5.69 Å². The zero-order valence-electron chi connectivity index (χ0n) is 16.1. The van der Waals surface area contributed by atoms with E-state index in [2.05, 4.69) is 18.4 Å². The molecule has 0 spiro atoms. The number of benzene rings is 2. The predicted octanol–water partition coefficient (Wildman–Crippen LogP) is 2.10. The second-order valence-electron chi connectivity index (χ2n) is 6.56. The lowest BCUT2D eigenvalue weighted by Crippen LogP contribution is -3.09. The molecule has 0 saturated carbocycles. The first-order valence-electron chi connectivity index (χ1n) is 8.90. The molecule has 2 aromatic rings. The highest BCUT2D eigenvalue weighted by Gasteiger charge is 2.10. The average molecular weight is 357 g/mol. The molecule has 140 valence electrons. The van der Waals surface area contributed by atoms with Gasteiger partial charge in [0.1, 0.15) is 0 Å². The summed E-state index contributed by atoms with van der Waals surface area (Å²) in [4.78, 5) is 13.4. The molecule has 2 N–H and O–H groups in total. The van der Waals surface area contributed by atoms with E-state index in [1.807, 2.05) is 43.3 Å². The Morgan fingerprint density at radius 2 is 1.81 bits per heavy atom. The Hall–Kier alpha value is -2.53. The van der Waals surface area contributed by atoms with Gasteiger partial charge in [-0.05, 0) is 42.3 Å². The van der Waals surface area contributed by atoms with Crippen LogP contribution in [0.15, 0.2) is 42.5 Å². The number of aryl methyl sites for hydroxylation is 1. The Morgan fingerprint density at radius 3 is 2.50 bits per heavy atom. The average Bonchev–Trinajstić information content (AvgIpc) is 2.64. The molecule has 0 heterocycles. The Labute approximate surface area is 155 Å². The molecule has 26 heavy (non-hydrogen) atoms. The van der Waals surface area contributed by atoms with E-state index in [4.69, 9.17) is 9.47 Å². The number of anilines is 1. The Bertz CT molecular complexity index is 731. The van der Waals surface area contributed by atoms with Gasteiger partial charge in [0.05, 0.1) is 40.8 Å². The molecule has 0 fully saturated rings. The summed E-state index contributed by atoms with van der Waals surface area (Å²) >= 11 is 0. The van der Waals surface area contributed by atoms with E-state index in [9.17, 15) is 4.79 Å². The van der Waals surface area contributed by atoms with Gasteiger partial charge in [0.15, 0.2) is 11.5 Å². The van der Waals surface area contributed by atoms with Crippen molar-refractivity contribution in [3.05, 3.63) is 53.6 Å². The SMILES string of the molecule is COc1ccc(CC[NH+](C)CCC(=O)Nc2cccc(C)c2)cc1OC. The Morgan fingerprint density at radius 1 is 1.04 bits per heavy atom.